The van der Waals surface area contributed by atoms with E-state index in [-0.39, 0.29) is 29.8 Å². The number of benzene rings is 1. The second-order valence-electron chi connectivity index (χ2n) is 5.56. The molecule has 1 aromatic carbocycles. The predicted octanol–water partition coefficient (Wildman–Crippen LogP) is 3.73. The zero-order valence-electron chi connectivity index (χ0n) is 15.6. The molecule has 0 radical (unpaired) electrons. The van der Waals surface area contributed by atoms with Gasteiger partial charge in [0.15, 0.2) is 5.05 Å². The molecule has 0 bridgehead atoms. The Hall–Kier alpha value is -2.61. The van der Waals surface area contributed by atoms with Crippen molar-refractivity contribution >= 4 is 34.7 Å². The molecular weight excluding hydrogens is 369 g/mol. The molecule has 6 nitrogen and oxygen atoms in total. The molecule has 1 aromatic heterocycles. The molecule has 0 saturated carbocycles. The molecule has 2 aromatic rings. The van der Waals surface area contributed by atoms with Crippen LogP contribution in [-0.2, 0) is 14.3 Å². The van der Waals surface area contributed by atoms with Gasteiger partial charge >= 0.3 is 5.97 Å². The van der Waals surface area contributed by atoms with Gasteiger partial charge in [0, 0.05) is 18.4 Å². The Kier molecular flexibility index (Phi) is 7.60. The first kappa shape index (κ1) is 20.7. The third-order valence-corrected chi connectivity index (χ3v) is 3.96. The van der Waals surface area contributed by atoms with E-state index in [2.05, 4.69) is 9.97 Å². The molecule has 1 heterocycles. The highest BCUT2D eigenvalue weighted by molar-refractivity contribution is 7.80. The molecule has 0 aliphatic heterocycles. The minimum atomic E-state index is -0.354. The summed E-state index contributed by atoms with van der Waals surface area (Å²) in [6.07, 6.45) is 1.73. The van der Waals surface area contributed by atoms with Crippen LogP contribution in [0.2, 0.25) is 0 Å². The molecule has 0 atom stereocenters. The summed E-state index contributed by atoms with van der Waals surface area (Å²) in [5.41, 5.74) is 1.20. The molecule has 0 saturated heterocycles. The van der Waals surface area contributed by atoms with Crippen molar-refractivity contribution in [2.45, 2.75) is 27.2 Å². The van der Waals surface area contributed by atoms with Crippen LogP contribution in [0, 0.1) is 12.7 Å². The lowest BCUT2D eigenvalue weighted by atomic mass is 10.2. The second-order valence-corrected chi connectivity index (χ2v) is 5.93. The quantitative estimate of drug-likeness (QED) is 0.502. The Morgan fingerprint density at radius 3 is 2.48 bits per heavy atom. The van der Waals surface area contributed by atoms with Crippen molar-refractivity contribution in [1.82, 2.24) is 9.97 Å². The van der Waals surface area contributed by atoms with Crippen molar-refractivity contribution in [3.8, 4) is 0 Å². The third kappa shape index (κ3) is 5.68. The molecule has 8 heteroatoms. The Morgan fingerprint density at radius 2 is 1.85 bits per heavy atom. The molecule has 144 valence electrons. The van der Waals surface area contributed by atoms with Crippen molar-refractivity contribution < 1.29 is 18.7 Å². The molecule has 0 unspecified atom stereocenters. The molecule has 0 aliphatic carbocycles. The summed E-state index contributed by atoms with van der Waals surface area (Å²) < 4.78 is 23.8. The molecule has 0 fully saturated rings. The fraction of sp³-hybridized carbons (Fsp3) is 0.368. The highest BCUT2D eigenvalue weighted by atomic mass is 32.1. The van der Waals surface area contributed by atoms with Crippen LogP contribution in [0.1, 0.15) is 31.7 Å². The Bertz CT molecular complexity index is 799. The minimum Gasteiger partial charge on any atom is -0.483 e. The minimum absolute atomic E-state index is 0.134. The van der Waals surface area contributed by atoms with Crippen molar-refractivity contribution in [1.29, 1.82) is 0 Å². The highest BCUT2D eigenvalue weighted by Crippen LogP contribution is 2.28. The number of aromatic nitrogens is 2. The summed E-state index contributed by atoms with van der Waals surface area (Å²) in [6, 6.07) is 5.93. The average molecular weight is 391 g/mol. The van der Waals surface area contributed by atoms with E-state index in [0.29, 0.717) is 36.1 Å². The fourth-order valence-corrected chi connectivity index (χ4v) is 2.69. The first-order chi connectivity index (χ1) is 13.0. The number of aryl methyl sites for hydroxylation is 1. The van der Waals surface area contributed by atoms with E-state index in [1.165, 1.54) is 12.1 Å². The molecule has 2 rings (SSSR count). The van der Waals surface area contributed by atoms with Crippen LogP contribution in [0.15, 0.2) is 30.5 Å². The summed E-state index contributed by atoms with van der Waals surface area (Å²) in [5.74, 6) is 0.352. The van der Waals surface area contributed by atoms with Gasteiger partial charge in [0.05, 0.1) is 25.2 Å². The van der Waals surface area contributed by atoms with Gasteiger partial charge in [-0.05, 0) is 57.3 Å². The summed E-state index contributed by atoms with van der Waals surface area (Å²) in [7, 11) is 0. The second kappa shape index (κ2) is 9.91. The number of halogens is 1. The van der Waals surface area contributed by atoms with Crippen molar-refractivity contribution in [2.75, 3.05) is 24.7 Å². The average Bonchev–Trinajstić information content (AvgIpc) is 2.64. The molecule has 0 amide bonds. The van der Waals surface area contributed by atoms with E-state index in [1.54, 1.807) is 37.1 Å². The van der Waals surface area contributed by atoms with Crippen LogP contribution >= 0.6 is 12.2 Å². The first-order valence-corrected chi connectivity index (χ1v) is 9.06. The molecular formula is C19H22FN3O3S. The monoisotopic (exact) mass is 391 g/mol. The molecule has 0 spiro atoms. The molecule has 0 N–H and O–H groups in total. The number of carbonyl (C=O) groups is 1. The zero-order chi connectivity index (χ0) is 19.8. The van der Waals surface area contributed by atoms with Crippen molar-refractivity contribution in [3.63, 3.8) is 0 Å². The number of esters is 1. The number of hydrogen-bond acceptors (Lipinski definition) is 7. The maximum atomic E-state index is 13.4. The summed E-state index contributed by atoms with van der Waals surface area (Å²) in [6.45, 7) is 6.34. The van der Waals surface area contributed by atoms with Crippen molar-refractivity contribution in [2.24, 2.45) is 0 Å². The van der Waals surface area contributed by atoms with Crippen LogP contribution in [0.3, 0.4) is 0 Å². The van der Waals surface area contributed by atoms with E-state index in [9.17, 15) is 9.18 Å². The summed E-state index contributed by atoms with van der Waals surface area (Å²) in [4.78, 5) is 22.3. The highest BCUT2D eigenvalue weighted by Gasteiger charge is 2.21. The lowest BCUT2D eigenvalue weighted by Crippen LogP contribution is -2.25. The SMILES string of the molecule is CCOC(=O)CCN(c1ccc(F)cc1)c1nc(C)ncc1C(=S)OCC. The number of nitrogens with zero attached hydrogens (tertiary/aromatic N) is 3. The van der Waals surface area contributed by atoms with Crippen molar-refractivity contribution in [3.05, 3.63) is 47.7 Å². The number of carbonyl (C=O) groups excluding carboxylic acids is 1. The Morgan fingerprint density at radius 1 is 1.19 bits per heavy atom. The topological polar surface area (TPSA) is 64.5 Å². The predicted molar refractivity (Wildman–Crippen MR) is 105 cm³/mol. The van der Waals surface area contributed by atoms with E-state index in [4.69, 9.17) is 21.7 Å². The van der Waals surface area contributed by atoms with Crippen LogP contribution < -0.4 is 4.90 Å². The van der Waals surface area contributed by atoms with Gasteiger partial charge in [-0.1, -0.05) is 0 Å². The Balaban J connectivity index is 2.45. The fourth-order valence-electron chi connectivity index (χ4n) is 2.43. The van der Waals surface area contributed by atoms with Gasteiger partial charge < -0.3 is 14.4 Å². The molecule has 0 aliphatic rings. The largest absolute Gasteiger partial charge is 0.483 e. The van der Waals surface area contributed by atoms with Crippen LogP contribution in [0.25, 0.3) is 0 Å². The Labute approximate surface area is 163 Å². The van der Waals surface area contributed by atoms with E-state index in [0.717, 1.165) is 0 Å². The standard InChI is InChI=1S/C19H22FN3O3S/c1-4-25-17(24)10-11-23(15-8-6-14(20)7-9-15)18-16(19(27)26-5-2)12-21-13(3)22-18/h6-9,12H,4-5,10-11H2,1-3H3. The van der Waals surface area contributed by atoms with Crippen LogP contribution in [-0.4, -0.2) is 40.7 Å². The smallest absolute Gasteiger partial charge is 0.307 e. The lowest BCUT2D eigenvalue weighted by Gasteiger charge is -2.26. The maximum absolute atomic E-state index is 13.4. The van der Waals surface area contributed by atoms with E-state index < -0.39 is 0 Å². The van der Waals surface area contributed by atoms with Crippen LogP contribution in [0.4, 0.5) is 15.9 Å². The number of rotatable bonds is 8. The van der Waals surface area contributed by atoms with Gasteiger partial charge in [0.1, 0.15) is 17.5 Å². The van der Waals surface area contributed by atoms with Crippen LogP contribution in [0.5, 0.6) is 0 Å². The van der Waals surface area contributed by atoms with Gasteiger partial charge in [-0.15, -0.1) is 0 Å². The van der Waals surface area contributed by atoms with Gasteiger partial charge in [-0.3, -0.25) is 4.79 Å². The lowest BCUT2D eigenvalue weighted by molar-refractivity contribution is -0.142. The zero-order valence-corrected chi connectivity index (χ0v) is 16.4. The van der Waals surface area contributed by atoms with E-state index in [1.807, 2.05) is 6.92 Å². The maximum Gasteiger partial charge on any atom is 0.307 e. The first-order valence-electron chi connectivity index (χ1n) is 8.65. The normalized spacial score (nSPS) is 10.4. The number of hydrogen-bond donors (Lipinski definition) is 0. The number of anilines is 2. The van der Waals surface area contributed by atoms with E-state index >= 15 is 0 Å². The number of ether oxygens (including phenoxy) is 2. The van der Waals surface area contributed by atoms with Gasteiger partial charge in [0.2, 0.25) is 0 Å². The van der Waals surface area contributed by atoms with Gasteiger partial charge in [0.25, 0.3) is 0 Å². The summed E-state index contributed by atoms with van der Waals surface area (Å²) in [5, 5.41) is 0.260. The third-order valence-electron chi connectivity index (χ3n) is 3.62. The van der Waals surface area contributed by atoms with Gasteiger partial charge in [-0.2, -0.15) is 0 Å². The number of thiocarbonyl (C=S) groups is 1. The summed E-state index contributed by atoms with van der Waals surface area (Å²) >= 11 is 5.34. The van der Waals surface area contributed by atoms with Gasteiger partial charge in [-0.25, -0.2) is 14.4 Å². The molecule has 27 heavy (non-hydrogen) atoms.